The molecule has 0 saturated carbocycles. The van der Waals surface area contributed by atoms with Crippen LogP contribution in [0.1, 0.15) is 53.2 Å². The maximum Gasteiger partial charge on any atom is 0.331 e. The first-order valence-corrected chi connectivity index (χ1v) is 16.2. The minimum Gasteiger partial charge on any atom is -0.456 e. The summed E-state index contributed by atoms with van der Waals surface area (Å²) < 4.78 is 38.1. The van der Waals surface area contributed by atoms with Gasteiger partial charge in [-0.15, -0.1) is 0 Å². The molecule has 47 heavy (non-hydrogen) atoms. The molecule has 4 heterocycles. The van der Waals surface area contributed by atoms with Crippen LogP contribution in [0.3, 0.4) is 0 Å². The number of aryl methyl sites for hydroxylation is 1. The number of carbonyl (C=O) groups excluding carboxylic acids is 2. The lowest BCUT2D eigenvalue weighted by Gasteiger charge is -2.41. The first-order valence-electron chi connectivity index (χ1n) is 16.2. The minimum atomic E-state index is -1.39. The van der Waals surface area contributed by atoms with Crippen molar-refractivity contribution in [1.82, 2.24) is 9.55 Å². The van der Waals surface area contributed by atoms with Gasteiger partial charge in [0.1, 0.15) is 23.9 Å². The first-order chi connectivity index (χ1) is 22.2. The maximum atomic E-state index is 13.3. The van der Waals surface area contributed by atoms with E-state index in [1.54, 1.807) is 30.3 Å². The van der Waals surface area contributed by atoms with Gasteiger partial charge in [0, 0.05) is 38.9 Å². The summed E-state index contributed by atoms with van der Waals surface area (Å²) in [5.41, 5.74) is 1.43. The molecule has 1 aliphatic carbocycles. The fourth-order valence-electron chi connectivity index (χ4n) is 7.17. The maximum absolute atomic E-state index is 13.3. The molecule has 0 spiro atoms. The number of carbonyl (C=O) groups is 2. The molecule has 1 aromatic rings. The molecule has 0 aromatic carbocycles. The van der Waals surface area contributed by atoms with E-state index in [2.05, 4.69) is 37.9 Å². The number of aliphatic hydroxyl groups excluding tert-OH is 2. The van der Waals surface area contributed by atoms with Crippen LogP contribution >= 0.6 is 0 Å². The molecule has 3 aliphatic heterocycles. The average Bonchev–Trinajstić information content (AvgIpc) is 3.61. The normalized spacial score (nSPS) is 38.2. The fraction of sp³-hybridized carbons (Fsp3) is 0.629. The van der Waals surface area contributed by atoms with Crippen molar-refractivity contribution in [1.29, 1.82) is 0 Å². The van der Waals surface area contributed by atoms with Crippen molar-refractivity contribution in [3.05, 3.63) is 59.7 Å². The van der Waals surface area contributed by atoms with Crippen LogP contribution in [-0.2, 0) is 45.1 Å². The molecule has 0 radical (unpaired) electrons. The van der Waals surface area contributed by atoms with Gasteiger partial charge in [-0.2, -0.15) is 0 Å². The lowest BCUT2D eigenvalue weighted by Crippen LogP contribution is -2.55. The van der Waals surface area contributed by atoms with E-state index < -0.39 is 54.0 Å². The number of ether oxygens (including phenoxy) is 6. The Hall–Kier alpha value is -3.13. The van der Waals surface area contributed by atoms with Gasteiger partial charge in [0.05, 0.1) is 25.2 Å². The van der Waals surface area contributed by atoms with Crippen molar-refractivity contribution in [2.75, 3.05) is 20.3 Å². The summed E-state index contributed by atoms with van der Waals surface area (Å²) in [6.45, 7) is 9.36. The van der Waals surface area contributed by atoms with Gasteiger partial charge in [-0.05, 0) is 68.6 Å². The molecular weight excluding hydrogens is 608 g/mol. The highest BCUT2D eigenvalue weighted by molar-refractivity contribution is 5.86. The molecule has 1 fully saturated rings. The molecule has 1 aromatic heterocycles. The van der Waals surface area contributed by atoms with E-state index in [1.807, 2.05) is 26.1 Å². The predicted octanol–water partition coefficient (Wildman–Crippen LogP) is 3.24. The van der Waals surface area contributed by atoms with Crippen molar-refractivity contribution in [3.63, 3.8) is 0 Å². The lowest BCUT2D eigenvalue weighted by molar-refractivity contribution is -0.277. The number of hydrogen-bond acceptors (Lipinski definition) is 11. The largest absolute Gasteiger partial charge is 0.456 e. The number of allylic oxidation sites excluding steroid dienone is 3. The molecule has 12 heteroatoms. The van der Waals surface area contributed by atoms with Crippen LogP contribution in [0, 0.1) is 23.7 Å². The summed E-state index contributed by atoms with van der Waals surface area (Å²) in [4.78, 5) is 29.4. The highest BCUT2D eigenvalue weighted by Gasteiger charge is 2.54. The van der Waals surface area contributed by atoms with Crippen LogP contribution in [0.15, 0.2) is 54.1 Å². The molecule has 0 unspecified atom stereocenters. The number of fused-ring (bicyclic) bond motifs is 3. The quantitative estimate of drug-likeness (QED) is 0.229. The Morgan fingerprint density at radius 3 is 2.66 bits per heavy atom. The van der Waals surface area contributed by atoms with Gasteiger partial charge in [-0.25, -0.2) is 9.78 Å². The van der Waals surface area contributed by atoms with E-state index in [9.17, 15) is 19.8 Å². The van der Waals surface area contributed by atoms with Crippen molar-refractivity contribution in [2.24, 2.45) is 30.7 Å². The monoisotopic (exact) mass is 656 g/mol. The topological polar surface area (TPSA) is 148 Å². The molecular formula is C35H48N2O10. The number of aromatic nitrogens is 2. The van der Waals surface area contributed by atoms with E-state index in [0.29, 0.717) is 23.6 Å². The van der Waals surface area contributed by atoms with E-state index in [1.165, 1.54) is 18.6 Å². The van der Waals surface area contributed by atoms with Crippen LogP contribution in [0.5, 0.6) is 0 Å². The highest BCUT2D eigenvalue weighted by atomic mass is 16.7. The molecule has 2 bridgehead atoms. The third kappa shape index (κ3) is 7.48. The molecule has 5 rings (SSSR count). The zero-order valence-electron chi connectivity index (χ0n) is 28.2. The molecule has 10 atom stereocenters. The molecule has 4 aliphatic rings. The van der Waals surface area contributed by atoms with Crippen LogP contribution < -0.4 is 0 Å². The Morgan fingerprint density at radius 1 is 1.23 bits per heavy atom. The van der Waals surface area contributed by atoms with Crippen molar-refractivity contribution >= 4 is 18.0 Å². The third-order valence-electron chi connectivity index (χ3n) is 9.88. The highest BCUT2D eigenvalue weighted by Crippen LogP contribution is 2.49. The summed E-state index contributed by atoms with van der Waals surface area (Å²) in [6.07, 6.45) is 10.3. The number of esters is 2. The Morgan fingerprint density at radius 2 is 2.00 bits per heavy atom. The number of methoxy groups -OCH3 is 1. The van der Waals surface area contributed by atoms with Crippen LogP contribution in [0.2, 0.25) is 0 Å². The number of hydrogen-bond donors (Lipinski definition) is 2. The molecule has 1 saturated heterocycles. The van der Waals surface area contributed by atoms with Crippen LogP contribution in [-0.4, -0.2) is 94.1 Å². The smallest absolute Gasteiger partial charge is 0.331 e. The van der Waals surface area contributed by atoms with Gasteiger partial charge in [0.15, 0.2) is 12.4 Å². The SMILES string of the molecule is CO[C@]12C=C[C@](C)(O1)[C@@H](OC(=O)/C=C/c1cn(C)cn1)C[C@H]1C(C)=CC[C@H](C(C)C)[C@H]1/C=C\2CO[C@H]1OC[C@H](O)[C@H](O)[C@H]1OC(C)=O. The van der Waals surface area contributed by atoms with Crippen molar-refractivity contribution in [2.45, 2.75) is 89.6 Å². The van der Waals surface area contributed by atoms with E-state index in [4.69, 9.17) is 28.4 Å². The Bertz CT molecular complexity index is 1430. The lowest BCUT2D eigenvalue weighted by atomic mass is 9.65. The zero-order chi connectivity index (χ0) is 34.1. The summed E-state index contributed by atoms with van der Waals surface area (Å²) in [5, 5.41) is 20.8. The van der Waals surface area contributed by atoms with Gasteiger partial charge in [-0.1, -0.05) is 31.6 Å². The zero-order valence-corrected chi connectivity index (χ0v) is 28.2. The second-order valence-electron chi connectivity index (χ2n) is 13.6. The second-order valence-corrected chi connectivity index (χ2v) is 13.6. The summed E-state index contributed by atoms with van der Waals surface area (Å²) in [5.74, 6) is -1.90. The van der Waals surface area contributed by atoms with E-state index in [0.717, 1.165) is 6.42 Å². The van der Waals surface area contributed by atoms with Gasteiger partial charge >= 0.3 is 11.9 Å². The van der Waals surface area contributed by atoms with Gasteiger partial charge < -0.3 is 43.2 Å². The molecule has 12 nitrogen and oxygen atoms in total. The van der Waals surface area contributed by atoms with Gasteiger partial charge in [-0.3, -0.25) is 4.79 Å². The second kappa shape index (κ2) is 14.2. The van der Waals surface area contributed by atoms with Crippen LogP contribution in [0.4, 0.5) is 0 Å². The Labute approximate surface area is 276 Å². The van der Waals surface area contributed by atoms with Gasteiger partial charge in [0.25, 0.3) is 0 Å². The average molecular weight is 657 g/mol. The third-order valence-corrected chi connectivity index (χ3v) is 9.88. The van der Waals surface area contributed by atoms with Crippen molar-refractivity contribution in [3.8, 4) is 0 Å². The molecule has 2 N–H and O–H groups in total. The predicted molar refractivity (Wildman–Crippen MR) is 170 cm³/mol. The number of imidazole rings is 1. The fourth-order valence-corrected chi connectivity index (χ4v) is 7.17. The summed E-state index contributed by atoms with van der Waals surface area (Å²) in [6, 6.07) is 0. The molecule has 0 amide bonds. The molecule has 258 valence electrons. The van der Waals surface area contributed by atoms with E-state index in [-0.39, 0.29) is 31.0 Å². The standard InChI is InChI=1S/C35H48N2O10/c1-20(2)25-10-8-21(3)26-15-29(46-30(40)11-9-24-16-37(6)19-36-24)34(5)12-13-35(42-7,47-34)23(14-27(25)26)17-43-33-32(45-22(4)38)31(41)28(39)18-44-33/h8-9,11-14,16,19-20,25-29,31-33,39,41H,10,15,17-18H2,1-7H3/b11-9+,23-14-/t25-,26+,27-,28+,29+,31+,32-,33+,34+,35-/m1/s1. The van der Waals surface area contributed by atoms with Crippen LogP contribution in [0.25, 0.3) is 6.08 Å². The Balaban J connectivity index is 1.49. The van der Waals surface area contributed by atoms with E-state index >= 15 is 0 Å². The van der Waals surface area contributed by atoms with Crippen molar-refractivity contribution < 1.29 is 48.2 Å². The van der Waals surface area contributed by atoms with Gasteiger partial charge in [0.2, 0.25) is 5.79 Å². The Kier molecular flexibility index (Phi) is 10.6. The number of aliphatic hydroxyl groups is 2. The summed E-state index contributed by atoms with van der Waals surface area (Å²) in [7, 11) is 3.40. The number of nitrogens with zero attached hydrogens (tertiary/aromatic N) is 2. The summed E-state index contributed by atoms with van der Waals surface area (Å²) >= 11 is 0. The minimum absolute atomic E-state index is 0.0137. The number of rotatable bonds is 9. The first kappa shape index (κ1) is 35.2.